The number of hydrogen-bond acceptors (Lipinski definition) is 3. The fourth-order valence-corrected chi connectivity index (χ4v) is 4.95. The molecule has 1 aliphatic rings. The zero-order chi connectivity index (χ0) is 20.3. The van der Waals surface area contributed by atoms with E-state index in [1.165, 1.54) is 34.6 Å². The molecule has 3 rings (SSSR count). The molecule has 5 nitrogen and oxygen atoms in total. The lowest BCUT2D eigenvalue weighted by Crippen LogP contribution is -2.35. The maximum atomic E-state index is 13.1. The quantitative estimate of drug-likeness (QED) is 0.784. The van der Waals surface area contributed by atoms with E-state index in [2.05, 4.69) is 5.32 Å². The topological polar surface area (TPSA) is 66.5 Å². The van der Waals surface area contributed by atoms with Gasteiger partial charge < -0.3 is 5.32 Å². The second-order valence-corrected chi connectivity index (χ2v) is 9.20. The number of benzene rings is 2. The van der Waals surface area contributed by atoms with Gasteiger partial charge in [-0.05, 0) is 55.7 Å². The molecule has 1 heterocycles. The first kappa shape index (κ1) is 20.8. The van der Waals surface area contributed by atoms with Gasteiger partial charge in [0.05, 0.1) is 21.5 Å². The van der Waals surface area contributed by atoms with Crippen LogP contribution in [0, 0.1) is 5.82 Å². The monoisotopic (exact) mass is 424 g/mol. The summed E-state index contributed by atoms with van der Waals surface area (Å²) in [5.74, 6) is -0.849. The Morgan fingerprint density at radius 1 is 1.11 bits per heavy atom. The van der Waals surface area contributed by atoms with Crippen molar-refractivity contribution in [1.29, 1.82) is 0 Å². The largest absolute Gasteiger partial charge is 0.345 e. The first-order chi connectivity index (χ1) is 13.3. The van der Waals surface area contributed by atoms with Crippen LogP contribution < -0.4 is 5.32 Å². The van der Waals surface area contributed by atoms with Crippen LogP contribution in [0.3, 0.4) is 0 Å². The van der Waals surface area contributed by atoms with Crippen LogP contribution >= 0.6 is 11.6 Å². The molecule has 1 atom stereocenters. The van der Waals surface area contributed by atoms with Gasteiger partial charge in [-0.3, -0.25) is 4.79 Å². The molecule has 0 bridgehead atoms. The number of sulfonamides is 1. The molecule has 8 heteroatoms. The number of rotatable bonds is 5. The van der Waals surface area contributed by atoms with Gasteiger partial charge in [-0.25, -0.2) is 12.8 Å². The summed E-state index contributed by atoms with van der Waals surface area (Å²) in [5, 5.41) is 2.94. The highest BCUT2D eigenvalue weighted by Gasteiger charge is 2.27. The molecule has 28 heavy (non-hydrogen) atoms. The Bertz CT molecular complexity index is 958. The highest BCUT2D eigenvalue weighted by Crippen LogP contribution is 2.25. The van der Waals surface area contributed by atoms with Crippen LogP contribution in [0.25, 0.3) is 0 Å². The second kappa shape index (κ2) is 8.59. The normalized spacial score (nSPS) is 16.5. The minimum atomic E-state index is -3.67. The first-order valence-electron chi connectivity index (χ1n) is 9.15. The maximum absolute atomic E-state index is 13.1. The van der Waals surface area contributed by atoms with Crippen LogP contribution in [-0.2, 0) is 10.0 Å². The van der Waals surface area contributed by atoms with Crippen molar-refractivity contribution < 1.29 is 17.6 Å². The van der Waals surface area contributed by atoms with Crippen LogP contribution in [0.2, 0.25) is 5.02 Å². The van der Waals surface area contributed by atoms with Crippen LogP contribution in [0.4, 0.5) is 4.39 Å². The van der Waals surface area contributed by atoms with Crippen LogP contribution in [0.1, 0.15) is 48.1 Å². The summed E-state index contributed by atoms with van der Waals surface area (Å²) in [6.45, 7) is 2.72. The standard InChI is InChI=1S/C20H22ClFN2O3S/c1-14(15-5-7-16(22)8-6-15)23-20(25)18-13-17(9-10-19(18)21)28(26,27)24-11-3-2-4-12-24/h5-10,13-14H,2-4,11-12H2,1H3,(H,23,25)/t14-/m0/s1. The lowest BCUT2D eigenvalue weighted by molar-refractivity contribution is 0.0940. The lowest BCUT2D eigenvalue weighted by Gasteiger charge is -2.26. The number of carbonyl (C=O) groups excluding carboxylic acids is 1. The van der Waals surface area contributed by atoms with Crippen molar-refractivity contribution in [2.45, 2.75) is 37.1 Å². The van der Waals surface area contributed by atoms with E-state index in [0.29, 0.717) is 13.1 Å². The fraction of sp³-hybridized carbons (Fsp3) is 0.350. The number of nitrogens with zero attached hydrogens (tertiary/aromatic N) is 1. The van der Waals surface area contributed by atoms with Gasteiger partial charge in [-0.15, -0.1) is 0 Å². The Kier molecular flexibility index (Phi) is 6.37. The van der Waals surface area contributed by atoms with Gasteiger partial charge in [0.2, 0.25) is 10.0 Å². The van der Waals surface area contributed by atoms with Gasteiger partial charge in [-0.2, -0.15) is 4.31 Å². The second-order valence-electron chi connectivity index (χ2n) is 6.85. The molecule has 1 fully saturated rings. The summed E-state index contributed by atoms with van der Waals surface area (Å²) in [6.07, 6.45) is 2.67. The summed E-state index contributed by atoms with van der Waals surface area (Å²) in [5.41, 5.74) is 0.816. The highest BCUT2D eigenvalue weighted by atomic mass is 35.5. The minimum Gasteiger partial charge on any atom is -0.345 e. The van der Waals surface area contributed by atoms with Gasteiger partial charge >= 0.3 is 0 Å². The molecule has 1 amide bonds. The van der Waals surface area contributed by atoms with Crippen molar-refractivity contribution in [2.24, 2.45) is 0 Å². The molecule has 1 N–H and O–H groups in total. The van der Waals surface area contributed by atoms with Crippen LogP contribution in [0.15, 0.2) is 47.4 Å². The van der Waals surface area contributed by atoms with Crippen molar-refractivity contribution in [3.63, 3.8) is 0 Å². The van der Waals surface area contributed by atoms with E-state index in [4.69, 9.17) is 11.6 Å². The zero-order valence-corrected chi connectivity index (χ0v) is 17.1. The number of hydrogen-bond donors (Lipinski definition) is 1. The molecule has 0 aromatic heterocycles. The van der Waals surface area contributed by atoms with E-state index in [1.807, 2.05) is 0 Å². The summed E-state index contributed by atoms with van der Waals surface area (Å²) in [6, 6.07) is 9.57. The van der Waals surface area contributed by atoms with Gasteiger partial charge in [0.1, 0.15) is 5.82 Å². The van der Waals surface area contributed by atoms with E-state index in [1.54, 1.807) is 19.1 Å². The molecule has 0 unspecified atom stereocenters. The molecule has 150 valence electrons. The van der Waals surface area contributed by atoms with Crippen LogP contribution in [0.5, 0.6) is 0 Å². The average molecular weight is 425 g/mol. The van der Waals surface area contributed by atoms with Gasteiger partial charge in [0, 0.05) is 13.1 Å². The van der Waals surface area contributed by atoms with E-state index in [9.17, 15) is 17.6 Å². The molecular weight excluding hydrogens is 403 g/mol. The molecule has 2 aromatic carbocycles. The molecule has 0 saturated carbocycles. The summed E-state index contributed by atoms with van der Waals surface area (Å²) >= 11 is 6.16. The smallest absolute Gasteiger partial charge is 0.253 e. The van der Waals surface area contributed by atoms with Crippen molar-refractivity contribution in [1.82, 2.24) is 9.62 Å². The molecule has 2 aromatic rings. The third-order valence-electron chi connectivity index (χ3n) is 4.85. The Balaban J connectivity index is 1.82. The minimum absolute atomic E-state index is 0.0541. The first-order valence-corrected chi connectivity index (χ1v) is 11.0. The lowest BCUT2D eigenvalue weighted by atomic mass is 10.1. The van der Waals surface area contributed by atoms with E-state index >= 15 is 0 Å². The maximum Gasteiger partial charge on any atom is 0.253 e. The third-order valence-corrected chi connectivity index (χ3v) is 7.08. The molecule has 0 aliphatic carbocycles. The molecular formula is C20H22ClFN2O3S. The average Bonchev–Trinajstić information content (AvgIpc) is 2.69. The Morgan fingerprint density at radius 3 is 2.39 bits per heavy atom. The SMILES string of the molecule is C[C@H](NC(=O)c1cc(S(=O)(=O)N2CCCCC2)ccc1Cl)c1ccc(F)cc1. The fourth-order valence-electron chi connectivity index (χ4n) is 3.20. The predicted octanol–water partition coefficient (Wildman–Crippen LogP) is 4.14. The van der Waals surface area contributed by atoms with Crippen molar-refractivity contribution >= 4 is 27.5 Å². The van der Waals surface area contributed by atoms with Crippen molar-refractivity contribution in [2.75, 3.05) is 13.1 Å². The zero-order valence-electron chi connectivity index (χ0n) is 15.5. The number of amides is 1. The number of nitrogens with one attached hydrogen (secondary N) is 1. The molecule has 1 saturated heterocycles. The van der Waals surface area contributed by atoms with E-state index < -0.39 is 22.0 Å². The van der Waals surface area contributed by atoms with E-state index in [0.717, 1.165) is 24.8 Å². The molecule has 0 spiro atoms. The Hall–Kier alpha value is -1.96. The number of carbonyl (C=O) groups is 1. The summed E-state index contributed by atoms with van der Waals surface area (Å²) in [7, 11) is -3.67. The van der Waals surface area contributed by atoms with Crippen molar-refractivity contribution in [3.05, 3.63) is 64.4 Å². The van der Waals surface area contributed by atoms with E-state index in [-0.39, 0.29) is 21.3 Å². The predicted molar refractivity (Wildman–Crippen MR) is 106 cm³/mol. The Morgan fingerprint density at radius 2 is 1.75 bits per heavy atom. The molecule has 1 aliphatic heterocycles. The number of halogens is 2. The summed E-state index contributed by atoms with van der Waals surface area (Å²) < 4.78 is 40.3. The number of piperidine rings is 1. The summed E-state index contributed by atoms with van der Waals surface area (Å²) in [4.78, 5) is 12.7. The van der Waals surface area contributed by atoms with Gasteiger partial charge in [0.25, 0.3) is 5.91 Å². The highest BCUT2D eigenvalue weighted by molar-refractivity contribution is 7.89. The molecule has 0 radical (unpaired) electrons. The van der Waals surface area contributed by atoms with Crippen LogP contribution in [-0.4, -0.2) is 31.7 Å². The van der Waals surface area contributed by atoms with Gasteiger partial charge in [-0.1, -0.05) is 30.2 Å². The van der Waals surface area contributed by atoms with Gasteiger partial charge in [0.15, 0.2) is 0 Å². The third kappa shape index (κ3) is 4.54. The Labute approximate surface area is 169 Å². The van der Waals surface area contributed by atoms with Crippen molar-refractivity contribution in [3.8, 4) is 0 Å².